The van der Waals surface area contributed by atoms with E-state index in [4.69, 9.17) is 21.6 Å². The smallest absolute Gasteiger partial charge is 0.270 e. The van der Waals surface area contributed by atoms with Crippen molar-refractivity contribution in [3.05, 3.63) is 52.6 Å². The molecule has 2 aromatic rings. The number of nitrogens with one attached hydrogen (secondary N) is 1. The van der Waals surface area contributed by atoms with Crippen LogP contribution in [0, 0.1) is 34.0 Å². The monoisotopic (exact) mass is 512 g/mol. The lowest BCUT2D eigenvalue weighted by atomic mass is 9.49. The molecule has 0 spiro atoms. The van der Waals surface area contributed by atoms with Crippen LogP contribution in [0.1, 0.15) is 56.6 Å². The molecule has 1 aliphatic carbocycles. The summed E-state index contributed by atoms with van der Waals surface area (Å²) in [6.07, 6.45) is 2.06. The summed E-state index contributed by atoms with van der Waals surface area (Å²) in [6, 6.07) is 9.82. The van der Waals surface area contributed by atoms with E-state index in [1.54, 1.807) is 24.3 Å². The van der Waals surface area contributed by atoms with Crippen molar-refractivity contribution < 1.29 is 18.7 Å². The Kier molecular flexibility index (Phi) is 6.98. The summed E-state index contributed by atoms with van der Waals surface area (Å²) in [5.41, 5.74) is -0.164. The fourth-order valence-corrected chi connectivity index (χ4v) is 6.08. The number of amides is 1. The van der Waals surface area contributed by atoms with E-state index in [9.17, 15) is 14.0 Å². The van der Waals surface area contributed by atoms with Crippen LogP contribution in [0.5, 0.6) is 5.75 Å². The minimum atomic E-state index is -0.696. The number of benzene rings is 1. The molecule has 1 amide bonds. The molecule has 2 fully saturated rings. The van der Waals surface area contributed by atoms with Gasteiger partial charge in [-0.15, -0.1) is 0 Å². The first kappa shape index (κ1) is 25.9. The summed E-state index contributed by atoms with van der Waals surface area (Å²) in [7, 11) is 0. The Bertz CT molecular complexity index is 1200. The van der Waals surface area contributed by atoms with Crippen LogP contribution in [0.2, 0.25) is 5.02 Å². The molecular weight excluding hydrogens is 483 g/mol. The predicted molar refractivity (Wildman–Crippen MR) is 135 cm³/mol. The predicted octanol–water partition coefficient (Wildman–Crippen LogP) is 4.77. The van der Waals surface area contributed by atoms with E-state index in [0.717, 1.165) is 6.29 Å². The van der Waals surface area contributed by atoms with Crippen molar-refractivity contribution in [2.75, 3.05) is 18.0 Å². The maximum absolute atomic E-state index is 14.8. The van der Waals surface area contributed by atoms with Crippen LogP contribution in [-0.4, -0.2) is 42.4 Å². The van der Waals surface area contributed by atoms with Crippen molar-refractivity contribution in [1.82, 2.24) is 10.3 Å². The summed E-state index contributed by atoms with van der Waals surface area (Å²) in [5.74, 6) is -0.589. The second-order valence-corrected chi connectivity index (χ2v) is 11.2. The van der Waals surface area contributed by atoms with Crippen molar-refractivity contribution >= 4 is 29.5 Å². The third kappa shape index (κ3) is 4.64. The summed E-state index contributed by atoms with van der Waals surface area (Å²) in [6.45, 7) is 9.14. The molecule has 1 aromatic heterocycles. The van der Waals surface area contributed by atoms with Gasteiger partial charge in [0.1, 0.15) is 29.9 Å². The molecule has 1 aromatic carbocycles. The van der Waals surface area contributed by atoms with E-state index < -0.39 is 22.7 Å². The van der Waals surface area contributed by atoms with E-state index in [-0.39, 0.29) is 23.8 Å². The topological polar surface area (TPSA) is 95.3 Å². The molecule has 7 nitrogen and oxygen atoms in total. The van der Waals surface area contributed by atoms with Crippen molar-refractivity contribution in [3.8, 4) is 11.8 Å². The van der Waals surface area contributed by atoms with Crippen LogP contribution in [0.15, 0.2) is 30.3 Å². The van der Waals surface area contributed by atoms with Gasteiger partial charge in [0, 0.05) is 41.9 Å². The van der Waals surface area contributed by atoms with Crippen LogP contribution < -0.4 is 15.0 Å². The van der Waals surface area contributed by atoms with Crippen LogP contribution in [0.4, 0.5) is 10.1 Å². The molecular formula is C27H30ClFN4O3. The van der Waals surface area contributed by atoms with Crippen LogP contribution in [0.3, 0.4) is 0 Å². The highest BCUT2D eigenvalue weighted by Crippen LogP contribution is 2.55. The number of aldehydes is 1. The maximum Gasteiger partial charge on any atom is 0.270 e. The quantitative estimate of drug-likeness (QED) is 0.442. The lowest BCUT2D eigenvalue weighted by molar-refractivity contribution is -0.164. The van der Waals surface area contributed by atoms with Gasteiger partial charge in [0.25, 0.3) is 5.91 Å². The van der Waals surface area contributed by atoms with Crippen molar-refractivity contribution in [3.63, 3.8) is 0 Å². The Morgan fingerprint density at radius 1 is 1.22 bits per heavy atom. The van der Waals surface area contributed by atoms with Crippen LogP contribution in [0.25, 0.3) is 0 Å². The highest BCUT2D eigenvalue weighted by Gasteiger charge is 2.64. The Morgan fingerprint density at radius 3 is 2.44 bits per heavy atom. The zero-order valence-corrected chi connectivity index (χ0v) is 21.6. The second kappa shape index (κ2) is 9.70. The van der Waals surface area contributed by atoms with Gasteiger partial charge >= 0.3 is 0 Å². The fraction of sp³-hybridized carbons (Fsp3) is 0.481. The molecule has 2 aliphatic rings. The summed E-state index contributed by atoms with van der Waals surface area (Å²) in [5, 5.41) is 12.4. The van der Waals surface area contributed by atoms with Crippen molar-refractivity contribution in [1.29, 1.82) is 5.26 Å². The van der Waals surface area contributed by atoms with Gasteiger partial charge in [0.2, 0.25) is 5.95 Å². The number of anilines is 1. The van der Waals surface area contributed by atoms with Crippen LogP contribution >= 0.6 is 11.6 Å². The van der Waals surface area contributed by atoms with E-state index in [0.29, 0.717) is 48.0 Å². The molecule has 0 radical (unpaired) electrons. The Hall–Kier alpha value is -3.18. The zero-order chi connectivity index (χ0) is 26.3. The van der Waals surface area contributed by atoms with Gasteiger partial charge in [0.05, 0.1) is 16.3 Å². The fourth-order valence-electron chi connectivity index (χ4n) is 5.87. The third-order valence-corrected chi connectivity index (χ3v) is 7.88. The zero-order valence-electron chi connectivity index (χ0n) is 20.8. The summed E-state index contributed by atoms with van der Waals surface area (Å²) < 4.78 is 21.1. The lowest BCUT2D eigenvalue weighted by Crippen LogP contribution is -2.74. The molecule has 0 bridgehead atoms. The number of carbonyl (C=O) groups excluding carboxylic acids is 2. The number of nitrogens with zero attached hydrogens (tertiary/aromatic N) is 3. The summed E-state index contributed by atoms with van der Waals surface area (Å²) in [4.78, 5) is 29.8. The molecule has 2 heterocycles. The number of nitriles is 1. The van der Waals surface area contributed by atoms with Gasteiger partial charge in [-0.25, -0.2) is 4.98 Å². The minimum absolute atomic E-state index is 0.00821. The first-order valence-electron chi connectivity index (χ1n) is 12.0. The molecule has 0 atom stereocenters. The SMILES string of the molecule is CC1(C)C(NC(=O)c2ccc(N3CCC(C=O)CC3)c(F)n2)C(C)(C)C1Oc1ccc(C#N)c(Cl)c1. The largest absolute Gasteiger partial charge is 0.489 e. The van der Waals surface area contributed by atoms with Crippen molar-refractivity contribution in [2.24, 2.45) is 16.7 Å². The van der Waals surface area contributed by atoms with E-state index in [2.05, 4.69) is 10.3 Å². The van der Waals surface area contributed by atoms with Gasteiger partial charge in [-0.3, -0.25) is 4.79 Å². The number of hydrogen-bond acceptors (Lipinski definition) is 6. The lowest BCUT2D eigenvalue weighted by Gasteiger charge is -2.63. The second-order valence-electron chi connectivity index (χ2n) is 10.8. The highest BCUT2D eigenvalue weighted by atomic mass is 35.5. The number of carbonyl (C=O) groups is 2. The number of halogens is 2. The Labute approximate surface area is 215 Å². The van der Waals surface area contributed by atoms with E-state index >= 15 is 0 Å². The molecule has 1 N–H and O–H groups in total. The van der Waals surface area contributed by atoms with Gasteiger partial charge < -0.3 is 19.7 Å². The minimum Gasteiger partial charge on any atom is -0.489 e. The molecule has 9 heteroatoms. The maximum atomic E-state index is 14.8. The third-order valence-electron chi connectivity index (χ3n) is 7.56. The van der Waals surface area contributed by atoms with E-state index in [1.807, 2.05) is 38.7 Å². The first-order chi connectivity index (χ1) is 17.0. The number of ether oxygens (including phenoxy) is 1. The van der Waals surface area contributed by atoms with Gasteiger partial charge in [0.15, 0.2) is 0 Å². The highest BCUT2D eigenvalue weighted by molar-refractivity contribution is 6.31. The molecule has 0 unspecified atom stereocenters. The Morgan fingerprint density at radius 2 is 1.89 bits per heavy atom. The van der Waals surface area contributed by atoms with E-state index in [1.165, 1.54) is 6.07 Å². The number of aromatic nitrogens is 1. The average molecular weight is 513 g/mol. The molecule has 190 valence electrons. The van der Waals surface area contributed by atoms with Gasteiger partial charge in [-0.1, -0.05) is 39.3 Å². The normalized spacial score (nSPS) is 22.8. The number of pyridine rings is 1. The van der Waals surface area contributed by atoms with Gasteiger partial charge in [-0.2, -0.15) is 9.65 Å². The average Bonchev–Trinajstić information content (AvgIpc) is 2.85. The molecule has 1 aliphatic heterocycles. The first-order valence-corrected chi connectivity index (χ1v) is 12.4. The van der Waals surface area contributed by atoms with Gasteiger partial charge in [-0.05, 0) is 37.1 Å². The number of piperidine rings is 1. The number of hydrogen-bond donors (Lipinski definition) is 1. The van der Waals surface area contributed by atoms with Crippen molar-refractivity contribution in [2.45, 2.75) is 52.7 Å². The molecule has 1 saturated heterocycles. The molecule has 1 saturated carbocycles. The molecule has 36 heavy (non-hydrogen) atoms. The van der Waals surface area contributed by atoms with Crippen LogP contribution in [-0.2, 0) is 4.79 Å². The molecule has 4 rings (SSSR count). The summed E-state index contributed by atoms with van der Waals surface area (Å²) >= 11 is 6.15. The Balaban J connectivity index is 1.44. The number of rotatable bonds is 6. The standard InChI is InChI=1S/C27H30ClFN4O3/c1-26(2)24(27(3,4)25(26)36-18-6-5-17(14-30)19(28)13-18)32-23(35)20-7-8-21(22(29)31-20)33-11-9-16(15-34)10-12-33/h5-8,13,15-16,24-25H,9-12H2,1-4H3,(H,32,35).